The summed E-state index contributed by atoms with van der Waals surface area (Å²) >= 11 is 0. The van der Waals surface area contributed by atoms with Gasteiger partial charge in [0.05, 0.1) is 0 Å². The van der Waals surface area contributed by atoms with Crippen LogP contribution in [0, 0.1) is 0 Å². The molecular weight excluding hydrogens is 216 g/mol. The zero-order valence-electron chi connectivity index (χ0n) is 7.78. The molecule has 0 aliphatic rings. The maximum Gasteiger partial charge on any atom is 0.372 e. The van der Waals surface area contributed by atoms with Gasteiger partial charge in [-0.3, -0.25) is 4.57 Å². The lowest BCUT2D eigenvalue weighted by Crippen LogP contribution is -2.08. The molecule has 0 atom stereocenters. The van der Waals surface area contributed by atoms with Crippen molar-refractivity contribution in [3.05, 3.63) is 30.2 Å². The molecule has 0 bridgehead atoms. The largest absolute Gasteiger partial charge is 0.475 e. The Hall–Kier alpha value is -2.64. The summed E-state index contributed by atoms with van der Waals surface area (Å²) in [6, 6.07) is 0. The second kappa shape index (κ2) is 3.50. The molecule has 3 N–H and O–H groups in total. The van der Waals surface area contributed by atoms with Crippen molar-refractivity contribution in [2.75, 3.05) is 0 Å². The van der Waals surface area contributed by atoms with E-state index in [2.05, 4.69) is 15.0 Å². The second-order valence-electron chi connectivity index (χ2n) is 2.84. The van der Waals surface area contributed by atoms with E-state index in [9.17, 15) is 9.59 Å². The van der Waals surface area contributed by atoms with Gasteiger partial charge in [0.2, 0.25) is 11.6 Å². The normalized spacial score (nSPS) is 10.2. The Balaban J connectivity index is 2.46. The molecule has 0 saturated carbocycles. The molecule has 8 nitrogen and oxygen atoms in total. The van der Waals surface area contributed by atoms with Crippen molar-refractivity contribution in [1.29, 1.82) is 0 Å². The number of imidazole rings is 2. The second-order valence-corrected chi connectivity index (χ2v) is 2.84. The molecular formula is C8H6N4O4. The molecule has 0 amide bonds. The number of rotatable bonds is 3. The molecule has 0 radical (unpaired) electrons. The molecule has 8 heteroatoms. The molecule has 2 aromatic rings. The van der Waals surface area contributed by atoms with Gasteiger partial charge in [-0.2, -0.15) is 0 Å². The Morgan fingerprint density at radius 3 is 2.62 bits per heavy atom. The molecule has 2 heterocycles. The number of H-pyrrole nitrogens is 1. The van der Waals surface area contributed by atoms with Crippen molar-refractivity contribution in [3.8, 4) is 5.82 Å². The van der Waals surface area contributed by atoms with Crippen molar-refractivity contribution in [2.24, 2.45) is 0 Å². The van der Waals surface area contributed by atoms with E-state index in [-0.39, 0.29) is 17.5 Å². The highest BCUT2D eigenvalue weighted by Gasteiger charge is 2.15. The van der Waals surface area contributed by atoms with Gasteiger partial charge >= 0.3 is 11.9 Å². The van der Waals surface area contributed by atoms with Gasteiger partial charge in [-0.15, -0.1) is 0 Å². The van der Waals surface area contributed by atoms with Crippen molar-refractivity contribution < 1.29 is 19.8 Å². The molecule has 2 aromatic heterocycles. The molecule has 0 aliphatic heterocycles. The fraction of sp³-hybridized carbons (Fsp3) is 0. The number of hydrogen-bond acceptors (Lipinski definition) is 4. The van der Waals surface area contributed by atoms with Crippen LogP contribution in [0.5, 0.6) is 0 Å². The van der Waals surface area contributed by atoms with Crippen LogP contribution in [0.4, 0.5) is 0 Å². The van der Waals surface area contributed by atoms with Crippen molar-refractivity contribution >= 4 is 11.9 Å². The highest BCUT2D eigenvalue weighted by molar-refractivity contribution is 5.85. The van der Waals surface area contributed by atoms with Crippen LogP contribution >= 0.6 is 0 Å². The SMILES string of the molecule is O=C(O)c1nc(-n2ccnc2C(=O)O)c[nH]1. The van der Waals surface area contributed by atoms with Crippen LogP contribution in [0.25, 0.3) is 5.82 Å². The molecule has 0 saturated heterocycles. The van der Waals surface area contributed by atoms with Gasteiger partial charge in [-0.05, 0) is 0 Å². The molecule has 2 rings (SSSR count). The fourth-order valence-electron chi connectivity index (χ4n) is 1.19. The lowest BCUT2D eigenvalue weighted by molar-refractivity contribution is 0.0674. The lowest BCUT2D eigenvalue weighted by atomic mass is 10.6. The number of aromatic amines is 1. The molecule has 0 fully saturated rings. The monoisotopic (exact) mass is 222 g/mol. The number of aromatic nitrogens is 4. The number of carboxylic acid groups (broad SMARTS) is 2. The summed E-state index contributed by atoms with van der Waals surface area (Å²) in [6.07, 6.45) is 3.96. The minimum Gasteiger partial charge on any atom is -0.475 e. The molecule has 82 valence electrons. The maximum atomic E-state index is 10.8. The third-order valence-corrected chi connectivity index (χ3v) is 1.85. The van der Waals surface area contributed by atoms with Crippen molar-refractivity contribution in [2.45, 2.75) is 0 Å². The first-order valence-corrected chi connectivity index (χ1v) is 4.15. The van der Waals surface area contributed by atoms with Crippen LogP contribution in [0.2, 0.25) is 0 Å². The quantitative estimate of drug-likeness (QED) is 0.671. The highest BCUT2D eigenvalue weighted by Crippen LogP contribution is 2.08. The number of carboxylic acids is 2. The molecule has 16 heavy (non-hydrogen) atoms. The summed E-state index contributed by atoms with van der Waals surface area (Å²) in [7, 11) is 0. The van der Waals surface area contributed by atoms with Crippen LogP contribution in [-0.4, -0.2) is 41.7 Å². The Kier molecular flexibility index (Phi) is 2.16. The summed E-state index contributed by atoms with van der Waals surface area (Å²) in [5.74, 6) is -2.77. The van der Waals surface area contributed by atoms with Gasteiger partial charge in [0.15, 0.2) is 5.82 Å². The number of aromatic carboxylic acids is 2. The fourth-order valence-corrected chi connectivity index (χ4v) is 1.19. The Morgan fingerprint density at radius 1 is 1.31 bits per heavy atom. The number of nitrogens with one attached hydrogen (secondary N) is 1. The average Bonchev–Trinajstić information content (AvgIpc) is 2.86. The average molecular weight is 222 g/mol. The van der Waals surface area contributed by atoms with E-state index in [1.165, 1.54) is 23.2 Å². The molecule has 0 aromatic carbocycles. The van der Waals surface area contributed by atoms with Gasteiger partial charge in [-0.25, -0.2) is 19.6 Å². The number of carbonyl (C=O) groups is 2. The van der Waals surface area contributed by atoms with Crippen molar-refractivity contribution in [1.82, 2.24) is 19.5 Å². The van der Waals surface area contributed by atoms with E-state index in [4.69, 9.17) is 10.2 Å². The smallest absolute Gasteiger partial charge is 0.372 e. The van der Waals surface area contributed by atoms with Crippen LogP contribution < -0.4 is 0 Å². The Bertz CT molecular complexity index is 556. The lowest BCUT2D eigenvalue weighted by Gasteiger charge is -1.98. The summed E-state index contributed by atoms with van der Waals surface area (Å²) in [5, 5.41) is 17.4. The predicted octanol–water partition coefficient (Wildman–Crippen LogP) is -0.00820. The predicted molar refractivity (Wildman–Crippen MR) is 49.6 cm³/mol. The van der Waals surface area contributed by atoms with E-state index in [1.807, 2.05) is 0 Å². The molecule has 0 aliphatic carbocycles. The van der Waals surface area contributed by atoms with Crippen LogP contribution in [0.1, 0.15) is 21.2 Å². The van der Waals surface area contributed by atoms with Crippen LogP contribution in [0.3, 0.4) is 0 Å². The summed E-state index contributed by atoms with van der Waals surface area (Å²) < 4.78 is 1.17. The minimum atomic E-state index is -1.22. The topological polar surface area (TPSA) is 121 Å². The van der Waals surface area contributed by atoms with Gasteiger partial charge in [0.25, 0.3) is 0 Å². The van der Waals surface area contributed by atoms with Gasteiger partial charge in [0, 0.05) is 18.6 Å². The van der Waals surface area contributed by atoms with Crippen LogP contribution in [0.15, 0.2) is 18.6 Å². The van der Waals surface area contributed by atoms with E-state index in [0.29, 0.717) is 0 Å². The van der Waals surface area contributed by atoms with E-state index < -0.39 is 11.9 Å². The molecule has 0 unspecified atom stereocenters. The van der Waals surface area contributed by atoms with E-state index in [0.717, 1.165) is 0 Å². The maximum absolute atomic E-state index is 10.8. The summed E-state index contributed by atoms with van der Waals surface area (Å²) in [5.41, 5.74) is 0. The Morgan fingerprint density at radius 2 is 2.06 bits per heavy atom. The first-order chi connectivity index (χ1) is 7.59. The van der Waals surface area contributed by atoms with E-state index in [1.54, 1.807) is 0 Å². The van der Waals surface area contributed by atoms with Gasteiger partial charge in [-0.1, -0.05) is 0 Å². The third kappa shape index (κ3) is 1.52. The standard InChI is InChI=1S/C8H6N4O4/c13-7(14)5-10-3-4(11-5)12-2-1-9-6(12)8(15)16/h1-3H,(H,10,11)(H,13,14)(H,15,16). The number of hydrogen-bond donors (Lipinski definition) is 3. The zero-order valence-corrected chi connectivity index (χ0v) is 7.78. The van der Waals surface area contributed by atoms with E-state index >= 15 is 0 Å². The minimum absolute atomic E-state index is 0.160. The van der Waals surface area contributed by atoms with Crippen LogP contribution in [-0.2, 0) is 0 Å². The third-order valence-electron chi connectivity index (χ3n) is 1.85. The zero-order chi connectivity index (χ0) is 11.7. The number of nitrogens with zero attached hydrogens (tertiary/aromatic N) is 3. The highest BCUT2D eigenvalue weighted by atomic mass is 16.4. The summed E-state index contributed by atoms with van der Waals surface area (Å²) in [4.78, 5) is 31.0. The van der Waals surface area contributed by atoms with Gasteiger partial charge in [0.1, 0.15) is 0 Å². The molecule has 0 spiro atoms. The first kappa shape index (κ1) is 9.90. The van der Waals surface area contributed by atoms with Gasteiger partial charge < -0.3 is 15.2 Å². The van der Waals surface area contributed by atoms with Crippen molar-refractivity contribution in [3.63, 3.8) is 0 Å². The summed E-state index contributed by atoms with van der Waals surface area (Å²) in [6.45, 7) is 0. The first-order valence-electron chi connectivity index (χ1n) is 4.15. The Labute approximate surface area is 88.2 Å².